The number of anilines is 2. The number of alkyl halides is 3. The van der Waals surface area contributed by atoms with Gasteiger partial charge < -0.3 is 10.2 Å². The van der Waals surface area contributed by atoms with Gasteiger partial charge in [-0.3, -0.25) is 10.2 Å². The Hall–Kier alpha value is -3.09. The zero-order valence-electron chi connectivity index (χ0n) is 17.2. The molecule has 1 fully saturated rings. The van der Waals surface area contributed by atoms with Gasteiger partial charge in [0.2, 0.25) is 0 Å². The molecule has 31 heavy (non-hydrogen) atoms. The van der Waals surface area contributed by atoms with Crippen LogP contribution in [0.25, 0.3) is 0 Å². The molecule has 0 bridgehead atoms. The Kier molecular flexibility index (Phi) is 7.15. The molecular weight excluding hydrogens is 407 g/mol. The lowest BCUT2D eigenvalue weighted by Crippen LogP contribution is -2.45. The fourth-order valence-corrected chi connectivity index (χ4v) is 3.43. The van der Waals surface area contributed by atoms with Crippen LogP contribution in [0.5, 0.6) is 0 Å². The maximum absolute atomic E-state index is 13.7. The first-order chi connectivity index (χ1) is 14.8. The number of terminal acetylenes is 1. The van der Waals surface area contributed by atoms with Crippen molar-refractivity contribution in [1.29, 1.82) is 0 Å². The SMILES string of the molecule is C#Cc1ccnc(NC(=O)Nc2ccc(CN3CCN(CC)CC3)c(C(F)(F)F)c2)c1. The Bertz CT molecular complexity index is 962. The van der Waals surface area contributed by atoms with Gasteiger partial charge >= 0.3 is 12.2 Å². The van der Waals surface area contributed by atoms with Crippen molar-refractivity contribution in [1.82, 2.24) is 14.8 Å². The lowest BCUT2D eigenvalue weighted by atomic mass is 10.0. The van der Waals surface area contributed by atoms with E-state index in [1.807, 2.05) is 4.90 Å². The number of amides is 2. The molecule has 2 amide bonds. The standard InChI is InChI=1S/C22H24F3N5O/c1-3-16-7-8-26-20(13-16)28-21(31)27-18-6-5-17(19(14-18)22(23,24)25)15-30-11-9-29(4-2)10-12-30/h1,5-8,13-14H,4,9-12,15H2,2H3,(H2,26,27,28,31). The van der Waals surface area contributed by atoms with Gasteiger partial charge in [-0.15, -0.1) is 6.42 Å². The molecule has 2 aromatic rings. The number of nitrogens with one attached hydrogen (secondary N) is 2. The Labute approximate surface area is 179 Å². The maximum atomic E-state index is 13.7. The maximum Gasteiger partial charge on any atom is 0.416 e. The van der Waals surface area contributed by atoms with Crippen LogP contribution in [-0.2, 0) is 12.7 Å². The molecule has 164 valence electrons. The second-order valence-electron chi connectivity index (χ2n) is 7.23. The molecule has 1 aliphatic rings. The van der Waals surface area contributed by atoms with E-state index in [0.29, 0.717) is 5.56 Å². The number of rotatable bonds is 5. The number of piperazine rings is 1. The van der Waals surface area contributed by atoms with Crippen LogP contribution in [0.4, 0.5) is 29.5 Å². The van der Waals surface area contributed by atoms with E-state index in [1.165, 1.54) is 24.4 Å². The van der Waals surface area contributed by atoms with E-state index in [0.717, 1.165) is 38.8 Å². The van der Waals surface area contributed by atoms with E-state index in [-0.39, 0.29) is 23.6 Å². The molecule has 3 rings (SSSR count). The van der Waals surface area contributed by atoms with Gasteiger partial charge in [-0.25, -0.2) is 9.78 Å². The van der Waals surface area contributed by atoms with Crippen molar-refractivity contribution in [3.63, 3.8) is 0 Å². The number of halogens is 3. The molecule has 0 radical (unpaired) electrons. The molecule has 1 aromatic carbocycles. The first kappa shape index (κ1) is 22.6. The van der Waals surface area contributed by atoms with E-state index in [1.54, 1.807) is 6.07 Å². The van der Waals surface area contributed by atoms with Crippen LogP contribution in [0.15, 0.2) is 36.5 Å². The van der Waals surface area contributed by atoms with E-state index in [4.69, 9.17) is 6.42 Å². The minimum Gasteiger partial charge on any atom is -0.308 e. The molecule has 1 saturated heterocycles. The predicted molar refractivity (Wildman–Crippen MR) is 114 cm³/mol. The molecule has 2 N–H and O–H groups in total. The van der Waals surface area contributed by atoms with Crippen LogP contribution in [0.2, 0.25) is 0 Å². The molecule has 0 atom stereocenters. The zero-order valence-corrected chi connectivity index (χ0v) is 17.2. The van der Waals surface area contributed by atoms with Crippen molar-refractivity contribution in [2.75, 3.05) is 43.4 Å². The normalized spacial score (nSPS) is 15.3. The van der Waals surface area contributed by atoms with Gasteiger partial charge in [-0.2, -0.15) is 13.2 Å². The third-order valence-corrected chi connectivity index (χ3v) is 5.15. The van der Waals surface area contributed by atoms with Crippen LogP contribution in [-0.4, -0.2) is 53.5 Å². The number of aromatic nitrogens is 1. The number of urea groups is 1. The summed E-state index contributed by atoms with van der Waals surface area (Å²) in [7, 11) is 0. The van der Waals surface area contributed by atoms with Crippen LogP contribution < -0.4 is 10.6 Å². The Morgan fingerprint density at radius 2 is 1.84 bits per heavy atom. The second-order valence-corrected chi connectivity index (χ2v) is 7.23. The monoisotopic (exact) mass is 431 g/mol. The quantitative estimate of drug-likeness (QED) is 0.706. The summed E-state index contributed by atoms with van der Waals surface area (Å²) in [5.41, 5.74) is -0.00580. The van der Waals surface area contributed by atoms with Gasteiger partial charge in [0.1, 0.15) is 5.82 Å². The molecular formula is C22H24F3N5O. The third kappa shape index (κ3) is 6.20. The van der Waals surface area contributed by atoms with Crippen LogP contribution in [0, 0.1) is 12.3 Å². The summed E-state index contributed by atoms with van der Waals surface area (Å²) in [6.45, 7) is 6.34. The van der Waals surface area contributed by atoms with Gasteiger partial charge in [-0.1, -0.05) is 18.9 Å². The molecule has 0 spiro atoms. The lowest BCUT2D eigenvalue weighted by Gasteiger charge is -2.34. The highest BCUT2D eigenvalue weighted by molar-refractivity contribution is 5.99. The van der Waals surface area contributed by atoms with Gasteiger partial charge in [0, 0.05) is 50.2 Å². The van der Waals surface area contributed by atoms with Crippen molar-refractivity contribution < 1.29 is 18.0 Å². The summed E-state index contributed by atoms with van der Waals surface area (Å²) in [6.07, 6.45) is 2.21. The molecule has 1 aliphatic heterocycles. The molecule has 0 aliphatic carbocycles. The smallest absolute Gasteiger partial charge is 0.308 e. The number of likely N-dealkylation sites (N-methyl/N-ethyl adjacent to an activating group) is 1. The molecule has 9 heteroatoms. The average molecular weight is 431 g/mol. The summed E-state index contributed by atoms with van der Waals surface area (Å²) in [5.74, 6) is 2.62. The van der Waals surface area contributed by atoms with Crippen LogP contribution in [0.1, 0.15) is 23.6 Å². The van der Waals surface area contributed by atoms with Gasteiger partial charge in [0.25, 0.3) is 0 Å². The predicted octanol–water partition coefficient (Wildman–Crippen LogP) is 3.86. The highest BCUT2D eigenvalue weighted by Gasteiger charge is 2.34. The van der Waals surface area contributed by atoms with Gasteiger partial charge in [0.15, 0.2) is 0 Å². The number of pyridine rings is 1. The summed E-state index contributed by atoms with van der Waals surface area (Å²) in [6, 6.07) is 6.22. The zero-order chi connectivity index (χ0) is 22.4. The van der Waals surface area contributed by atoms with Gasteiger partial charge in [-0.05, 0) is 36.4 Å². The van der Waals surface area contributed by atoms with E-state index < -0.39 is 17.8 Å². The van der Waals surface area contributed by atoms with Crippen LogP contribution in [0.3, 0.4) is 0 Å². The highest BCUT2D eigenvalue weighted by Crippen LogP contribution is 2.34. The van der Waals surface area contributed by atoms with E-state index in [9.17, 15) is 18.0 Å². The van der Waals surface area contributed by atoms with E-state index >= 15 is 0 Å². The van der Waals surface area contributed by atoms with E-state index in [2.05, 4.69) is 33.4 Å². The lowest BCUT2D eigenvalue weighted by molar-refractivity contribution is -0.138. The fraction of sp³-hybridized carbons (Fsp3) is 0.364. The van der Waals surface area contributed by atoms with Crippen molar-refractivity contribution in [2.45, 2.75) is 19.6 Å². The molecule has 0 unspecified atom stereocenters. The topological polar surface area (TPSA) is 60.5 Å². The van der Waals surface area contributed by atoms with Crippen molar-refractivity contribution >= 4 is 17.5 Å². The number of nitrogens with zero attached hydrogens (tertiary/aromatic N) is 3. The minimum absolute atomic E-state index is 0.0393. The Morgan fingerprint density at radius 3 is 2.48 bits per heavy atom. The number of hydrogen-bond donors (Lipinski definition) is 2. The summed E-state index contributed by atoms with van der Waals surface area (Å²) < 4.78 is 41.0. The Morgan fingerprint density at radius 1 is 1.13 bits per heavy atom. The number of carbonyl (C=O) groups is 1. The van der Waals surface area contributed by atoms with Crippen molar-refractivity contribution in [3.05, 3.63) is 53.2 Å². The average Bonchev–Trinajstić information content (AvgIpc) is 2.74. The summed E-state index contributed by atoms with van der Waals surface area (Å²) >= 11 is 0. The summed E-state index contributed by atoms with van der Waals surface area (Å²) in [4.78, 5) is 20.4. The molecule has 0 saturated carbocycles. The second kappa shape index (κ2) is 9.81. The number of hydrogen-bond acceptors (Lipinski definition) is 4. The molecule has 1 aromatic heterocycles. The minimum atomic E-state index is -4.53. The third-order valence-electron chi connectivity index (χ3n) is 5.15. The molecule has 2 heterocycles. The first-order valence-corrected chi connectivity index (χ1v) is 9.94. The molecule has 6 nitrogen and oxygen atoms in total. The highest BCUT2D eigenvalue weighted by atomic mass is 19.4. The van der Waals surface area contributed by atoms with Crippen LogP contribution >= 0.6 is 0 Å². The largest absolute Gasteiger partial charge is 0.416 e. The Balaban J connectivity index is 1.70. The van der Waals surface area contributed by atoms with Crippen molar-refractivity contribution in [3.8, 4) is 12.3 Å². The number of benzene rings is 1. The van der Waals surface area contributed by atoms with Gasteiger partial charge in [0.05, 0.1) is 5.56 Å². The van der Waals surface area contributed by atoms with Crippen molar-refractivity contribution in [2.24, 2.45) is 0 Å². The fourth-order valence-electron chi connectivity index (χ4n) is 3.43. The summed E-state index contributed by atoms with van der Waals surface area (Å²) in [5, 5.41) is 4.89. The first-order valence-electron chi connectivity index (χ1n) is 9.94. The number of carbonyl (C=O) groups excluding carboxylic acids is 1.